The van der Waals surface area contributed by atoms with Gasteiger partial charge in [0, 0.05) is 24.5 Å². The van der Waals surface area contributed by atoms with Gasteiger partial charge in [-0.3, -0.25) is 9.59 Å². The highest BCUT2D eigenvalue weighted by Gasteiger charge is 2.30. The van der Waals surface area contributed by atoms with E-state index >= 15 is 0 Å². The van der Waals surface area contributed by atoms with Crippen molar-refractivity contribution in [2.75, 3.05) is 13.2 Å². The third-order valence-corrected chi connectivity index (χ3v) is 5.28. The zero-order valence-corrected chi connectivity index (χ0v) is 19.1. The second kappa shape index (κ2) is 12.0. The van der Waals surface area contributed by atoms with Gasteiger partial charge in [-0.25, -0.2) is 4.39 Å². The van der Waals surface area contributed by atoms with E-state index < -0.39 is 11.9 Å². The molecule has 5 nitrogen and oxygen atoms in total. The third kappa shape index (κ3) is 7.32. The summed E-state index contributed by atoms with van der Waals surface area (Å²) in [4.78, 5) is 27.9. The van der Waals surface area contributed by atoms with Crippen LogP contribution in [0.1, 0.15) is 18.1 Å². The van der Waals surface area contributed by atoms with Gasteiger partial charge in [0.05, 0.1) is 0 Å². The fraction of sp³-hybridized carbons (Fsp3) is 0.231. The molecular formula is C26H26ClFN2O3. The van der Waals surface area contributed by atoms with Crippen molar-refractivity contribution in [2.45, 2.75) is 25.9 Å². The molecule has 0 unspecified atom stereocenters. The molecule has 3 rings (SSSR count). The molecule has 3 aromatic rings. The van der Waals surface area contributed by atoms with Gasteiger partial charge < -0.3 is 15.0 Å². The van der Waals surface area contributed by atoms with E-state index in [1.807, 2.05) is 43.3 Å². The zero-order chi connectivity index (χ0) is 23.6. The standard InChI is InChI=1S/C26H26ClFN2O3/c1-2-29-26(32)24(16-19-7-4-3-5-8-19)30(17-20-9-6-10-21(27)15-20)25(31)18-33-23-13-11-22(28)12-14-23/h3-15,24H,2,16-18H2,1H3,(H,29,32)/t24-/m0/s1. The van der Waals surface area contributed by atoms with E-state index in [0.29, 0.717) is 23.7 Å². The molecule has 0 aliphatic rings. The van der Waals surface area contributed by atoms with Gasteiger partial charge in [-0.2, -0.15) is 0 Å². The van der Waals surface area contributed by atoms with Gasteiger partial charge in [0.1, 0.15) is 17.6 Å². The van der Waals surface area contributed by atoms with Crippen LogP contribution in [0.25, 0.3) is 0 Å². The number of benzene rings is 3. The molecule has 172 valence electrons. The Morgan fingerprint density at radius 3 is 2.36 bits per heavy atom. The van der Waals surface area contributed by atoms with E-state index in [9.17, 15) is 14.0 Å². The average molecular weight is 469 g/mol. The normalized spacial score (nSPS) is 11.5. The van der Waals surface area contributed by atoms with Crippen molar-refractivity contribution in [3.63, 3.8) is 0 Å². The van der Waals surface area contributed by atoms with Crippen molar-refractivity contribution in [1.82, 2.24) is 10.2 Å². The minimum atomic E-state index is -0.754. The molecule has 7 heteroatoms. The Morgan fingerprint density at radius 2 is 1.70 bits per heavy atom. The Labute approximate surface area is 198 Å². The SMILES string of the molecule is CCNC(=O)[C@H](Cc1ccccc1)N(Cc1cccc(Cl)c1)C(=O)COc1ccc(F)cc1. The van der Waals surface area contributed by atoms with Crippen LogP contribution in [0.3, 0.4) is 0 Å². The molecular weight excluding hydrogens is 443 g/mol. The molecule has 2 amide bonds. The topological polar surface area (TPSA) is 58.6 Å². The summed E-state index contributed by atoms with van der Waals surface area (Å²) in [6.45, 7) is 2.16. The van der Waals surface area contributed by atoms with Crippen LogP contribution in [0, 0.1) is 5.82 Å². The molecule has 0 fully saturated rings. The summed E-state index contributed by atoms with van der Waals surface area (Å²) in [5.41, 5.74) is 1.72. The first-order valence-corrected chi connectivity index (χ1v) is 11.1. The number of rotatable bonds is 10. The number of ether oxygens (including phenoxy) is 1. The second-order valence-corrected chi connectivity index (χ2v) is 7.93. The molecule has 0 bridgehead atoms. The first-order valence-electron chi connectivity index (χ1n) is 10.7. The summed E-state index contributed by atoms with van der Waals surface area (Å²) in [5.74, 6) is -0.648. The number of hydrogen-bond acceptors (Lipinski definition) is 3. The monoisotopic (exact) mass is 468 g/mol. The summed E-state index contributed by atoms with van der Waals surface area (Å²) in [6, 6.07) is 21.4. The van der Waals surface area contributed by atoms with Gasteiger partial charge in [0.25, 0.3) is 5.91 Å². The van der Waals surface area contributed by atoms with Gasteiger partial charge in [0.15, 0.2) is 6.61 Å². The van der Waals surface area contributed by atoms with Crippen molar-refractivity contribution in [2.24, 2.45) is 0 Å². The highest BCUT2D eigenvalue weighted by atomic mass is 35.5. The van der Waals surface area contributed by atoms with Crippen molar-refractivity contribution >= 4 is 23.4 Å². The Morgan fingerprint density at radius 1 is 1.00 bits per heavy atom. The van der Waals surface area contributed by atoms with Crippen molar-refractivity contribution in [1.29, 1.82) is 0 Å². The highest BCUT2D eigenvalue weighted by Crippen LogP contribution is 2.18. The second-order valence-electron chi connectivity index (χ2n) is 7.49. The van der Waals surface area contributed by atoms with Gasteiger partial charge in [-0.05, 0) is 54.4 Å². The maximum Gasteiger partial charge on any atom is 0.261 e. The minimum Gasteiger partial charge on any atom is -0.484 e. The summed E-state index contributed by atoms with van der Waals surface area (Å²) in [7, 11) is 0. The molecule has 0 saturated carbocycles. The van der Waals surface area contributed by atoms with Gasteiger partial charge in [0.2, 0.25) is 5.91 Å². The molecule has 0 saturated heterocycles. The number of carbonyl (C=O) groups excluding carboxylic acids is 2. The highest BCUT2D eigenvalue weighted by molar-refractivity contribution is 6.30. The maximum atomic E-state index is 13.3. The number of nitrogens with zero attached hydrogens (tertiary/aromatic N) is 1. The van der Waals surface area contributed by atoms with E-state index in [1.54, 1.807) is 18.2 Å². The predicted octanol–water partition coefficient (Wildman–Crippen LogP) is 4.63. The van der Waals surface area contributed by atoms with Gasteiger partial charge in [-0.1, -0.05) is 54.1 Å². The number of halogens is 2. The van der Waals surface area contributed by atoms with Crippen molar-refractivity contribution < 1.29 is 18.7 Å². The summed E-state index contributed by atoms with van der Waals surface area (Å²) < 4.78 is 18.8. The van der Waals surface area contributed by atoms with Crippen LogP contribution in [0.5, 0.6) is 5.75 Å². The van der Waals surface area contributed by atoms with E-state index in [2.05, 4.69) is 5.32 Å². The predicted molar refractivity (Wildman–Crippen MR) is 127 cm³/mol. The zero-order valence-electron chi connectivity index (χ0n) is 18.3. The van der Waals surface area contributed by atoms with Crippen LogP contribution in [-0.2, 0) is 22.6 Å². The van der Waals surface area contributed by atoms with Crippen LogP contribution in [0.15, 0.2) is 78.9 Å². The molecule has 33 heavy (non-hydrogen) atoms. The lowest BCUT2D eigenvalue weighted by atomic mass is 10.0. The minimum absolute atomic E-state index is 0.181. The van der Waals surface area contributed by atoms with Gasteiger partial charge in [-0.15, -0.1) is 0 Å². The van der Waals surface area contributed by atoms with Crippen molar-refractivity contribution in [3.05, 3.63) is 101 Å². The van der Waals surface area contributed by atoms with E-state index in [-0.39, 0.29) is 25.0 Å². The quantitative estimate of drug-likeness (QED) is 0.472. The molecule has 0 radical (unpaired) electrons. The number of carbonyl (C=O) groups is 2. The fourth-order valence-electron chi connectivity index (χ4n) is 3.44. The average Bonchev–Trinajstić information content (AvgIpc) is 2.81. The van der Waals surface area contributed by atoms with Crippen LogP contribution in [-0.4, -0.2) is 35.9 Å². The smallest absolute Gasteiger partial charge is 0.261 e. The Bertz CT molecular complexity index is 1060. The van der Waals surface area contributed by atoms with E-state index in [4.69, 9.17) is 16.3 Å². The Hall–Kier alpha value is -3.38. The number of nitrogens with one attached hydrogen (secondary N) is 1. The lowest BCUT2D eigenvalue weighted by Gasteiger charge is -2.31. The van der Waals surface area contributed by atoms with Crippen molar-refractivity contribution in [3.8, 4) is 5.75 Å². The molecule has 1 atom stereocenters. The first kappa shape index (κ1) is 24.3. The largest absolute Gasteiger partial charge is 0.484 e. The lowest BCUT2D eigenvalue weighted by Crippen LogP contribution is -2.51. The molecule has 3 aromatic carbocycles. The van der Waals surface area contributed by atoms with Crippen LogP contribution >= 0.6 is 11.6 Å². The maximum absolute atomic E-state index is 13.3. The Kier molecular flexibility index (Phi) is 8.84. The first-order chi connectivity index (χ1) is 16.0. The number of hydrogen-bond donors (Lipinski definition) is 1. The molecule has 0 aliphatic carbocycles. The molecule has 0 heterocycles. The molecule has 1 N–H and O–H groups in total. The summed E-state index contributed by atoms with van der Waals surface area (Å²) in [6.07, 6.45) is 0.343. The number of amides is 2. The van der Waals surface area contributed by atoms with Crippen LogP contribution < -0.4 is 10.1 Å². The molecule has 0 aliphatic heterocycles. The van der Waals surface area contributed by atoms with Crippen LogP contribution in [0.2, 0.25) is 5.02 Å². The van der Waals surface area contributed by atoms with E-state index in [1.165, 1.54) is 29.2 Å². The Balaban J connectivity index is 1.88. The molecule has 0 spiro atoms. The third-order valence-electron chi connectivity index (χ3n) is 5.04. The molecule has 0 aromatic heterocycles. The van der Waals surface area contributed by atoms with Gasteiger partial charge >= 0.3 is 0 Å². The summed E-state index contributed by atoms with van der Waals surface area (Å²) >= 11 is 6.15. The van der Waals surface area contributed by atoms with E-state index in [0.717, 1.165) is 11.1 Å². The lowest BCUT2D eigenvalue weighted by molar-refractivity contribution is -0.142. The number of likely N-dealkylation sites (N-methyl/N-ethyl adjacent to an activating group) is 1. The van der Waals surface area contributed by atoms with Crippen LogP contribution in [0.4, 0.5) is 4.39 Å². The summed E-state index contributed by atoms with van der Waals surface area (Å²) in [5, 5.41) is 3.38. The fourth-order valence-corrected chi connectivity index (χ4v) is 3.65.